The van der Waals surface area contributed by atoms with Crippen LogP contribution in [0.4, 0.5) is 4.39 Å². The Morgan fingerprint density at radius 3 is 2.62 bits per heavy atom. The Morgan fingerprint density at radius 1 is 1.43 bits per heavy atom. The average Bonchev–Trinajstić information content (AvgIpc) is 3.27. The van der Waals surface area contributed by atoms with E-state index in [0.717, 1.165) is 38.2 Å². The van der Waals surface area contributed by atoms with Gasteiger partial charge in [-0.1, -0.05) is 6.92 Å². The minimum absolute atomic E-state index is 0.145. The highest BCUT2D eigenvalue weighted by molar-refractivity contribution is 7.89. The molecule has 0 spiro atoms. The number of rotatable bonds is 6. The molecule has 1 saturated carbocycles. The van der Waals surface area contributed by atoms with Crippen molar-refractivity contribution in [2.75, 3.05) is 20.2 Å². The van der Waals surface area contributed by atoms with E-state index in [1.165, 1.54) is 4.31 Å². The molecule has 0 unspecified atom stereocenters. The van der Waals surface area contributed by atoms with Crippen molar-refractivity contribution in [2.45, 2.75) is 24.7 Å². The molecule has 116 valence electrons. The molecule has 0 saturated heterocycles. The van der Waals surface area contributed by atoms with Gasteiger partial charge in [0.25, 0.3) is 0 Å². The van der Waals surface area contributed by atoms with Gasteiger partial charge in [-0.05, 0) is 37.0 Å². The fourth-order valence-electron chi connectivity index (χ4n) is 2.11. The fourth-order valence-corrected chi connectivity index (χ4v) is 3.83. The third-order valence-electron chi connectivity index (χ3n) is 3.48. The first-order valence-electron chi connectivity index (χ1n) is 6.78. The molecule has 1 aromatic rings. The van der Waals surface area contributed by atoms with Crippen molar-refractivity contribution in [3.63, 3.8) is 0 Å². The van der Waals surface area contributed by atoms with Crippen LogP contribution in [0.1, 0.15) is 30.1 Å². The predicted octanol–water partition coefficient (Wildman–Crippen LogP) is 2.03. The van der Waals surface area contributed by atoms with Crippen LogP contribution in [0, 0.1) is 11.7 Å². The van der Waals surface area contributed by atoms with E-state index < -0.39 is 21.8 Å². The number of nitrogens with zero attached hydrogens (tertiary/aromatic N) is 1. The van der Waals surface area contributed by atoms with E-state index in [4.69, 9.17) is 0 Å². The first-order chi connectivity index (χ1) is 9.90. The normalized spacial score (nSPS) is 15.2. The zero-order chi connectivity index (χ0) is 15.6. The molecule has 0 atom stereocenters. The van der Waals surface area contributed by atoms with Crippen molar-refractivity contribution < 1.29 is 22.3 Å². The van der Waals surface area contributed by atoms with Crippen LogP contribution in [-0.4, -0.2) is 38.9 Å². The summed E-state index contributed by atoms with van der Waals surface area (Å²) in [6, 6.07) is 3.05. The lowest BCUT2D eigenvalue weighted by Gasteiger charge is -2.21. The van der Waals surface area contributed by atoms with Gasteiger partial charge in [0.1, 0.15) is 5.82 Å². The summed E-state index contributed by atoms with van der Waals surface area (Å²) >= 11 is 0. The Labute approximate surface area is 123 Å². The Hall–Kier alpha value is -1.47. The molecule has 0 heterocycles. The Bertz CT molecular complexity index is 640. The van der Waals surface area contributed by atoms with Crippen molar-refractivity contribution in [3.8, 4) is 0 Å². The zero-order valence-electron chi connectivity index (χ0n) is 12.0. The van der Waals surface area contributed by atoms with Gasteiger partial charge in [-0.15, -0.1) is 0 Å². The van der Waals surface area contributed by atoms with Gasteiger partial charge in [0.15, 0.2) is 0 Å². The zero-order valence-corrected chi connectivity index (χ0v) is 12.8. The summed E-state index contributed by atoms with van der Waals surface area (Å²) in [5, 5.41) is 0. The largest absolute Gasteiger partial charge is 0.465 e. The molecule has 0 amide bonds. The second-order valence-electron chi connectivity index (χ2n) is 5.03. The molecule has 7 heteroatoms. The quantitative estimate of drug-likeness (QED) is 0.754. The van der Waals surface area contributed by atoms with Gasteiger partial charge in [0, 0.05) is 13.1 Å². The summed E-state index contributed by atoms with van der Waals surface area (Å²) in [4.78, 5) is 11.4. The van der Waals surface area contributed by atoms with Gasteiger partial charge >= 0.3 is 5.97 Å². The number of hydrogen-bond donors (Lipinski definition) is 0. The summed E-state index contributed by atoms with van der Waals surface area (Å²) in [7, 11) is -2.77. The first kappa shape index (κ1) is 15.9. The van der Waals surface area contributed by atoms with Crippen LogP contribution in [-0.2, 0) is 14.8 Å². The van der Waals surface area contributed by atoms with Gasteiger partial charge in [-0.2, -0.15) is 4.31 Å². The minimum atomic E-state index is -3.92. The number of esters is 1. The first-order valence-corrected chi connectivity index (χ1v) is 8.22. The van der Waals surface area contributed by atoms with Crippen molar-refractivity contribution in [2.24, 2.45) is 5.92 Å². The van der Waals surface area contributed by atoms with Crippen LogP contribution in [0.2, 0.25) is 0 Å². The maximum atomic E-state index is 13.5. The summed E-state index contributed by atoms with van der Waals surface area (Å²) in [6.07, 6.45) is 2.00. The summed E-state index contributed by atoms with van der Waals surface area (Å²) in [5.74, 6) is -1.14. The maximum Gasteiger partial charge on any atom is 0.339 e. The standard InChI is InChI=1S/C14H18FNO4S/c1-3-16(9-10-4-5-10)21(18,19)13-8-11(15)6-7-12(13)14(17)20-2/h6-8,10H,3-5,9H2,1-2H3. The topological polar surface area (TPSA) is 63.7 Å². The third-order valence-corrected chi connectivity index (χ3v) is 5.46. The van der Waals surface area contributed by atoms with Crippen LogP contribution in [0.15, 0.2) is 23.1 Å². The number of methoxy groups -OCH3 is 1. The van der Waals surface area contributed by atoms with Crippen LogP contribution in [0.3, 0.4) is 0 Å². The number of hydrogen-bond acceptors (Lipinski definition) is 4. The summed E-state index contributed by atoms with van der Waals surface area (Å²) in [5.41, 5.74) is -0.145. The highest BCUT2D eigenvalue weighted by Crippen LogP contribution is 2.32. The smallest absolute Gasteiger partial charge is 0.339 e. The van der Waals surface area contributed by atoms with Gasteiger partial charge in [-0.3, -0.25) is 0 Å². The Morgan fingerprint density at radius 2 is 2.10 bits per heavy atom. The number of carbonyl (C=O) groups excluding carboxylic acids is 1. The minimum Gasteiger partial charge on any atom is -0.465 e. The second-order valence-corrected chi connectivity index (χ2v) is 6.94. The maximum absolute atomic E-state index is 13.5. The van der Waals surface area contributed by atoms with Gasteiger partial charge in [0.2, 0.25) is 10.0 Å². The van der Waals surface area contributed by atoms with E-state index in [1.807, 2.05) is 0 Å². The molecule has 2 rings (SSSR count). The highest BCUT2D eigenvalue weighted by Gasteiger charge is 2.33. The lowest BCUT2D eigenvalue weighted by molar-refractivity contribution is 0.0596. The molecular formula is C14H18FNO4S. The highest BCUT2D eigenvalue weighted by atomic mass is 32.2. The molecule has 0 radical (unpaired) electrons. The number of halogens is 1. The molecule has 21 heavy (non-hydrogen) atoms. The van der Waals surface area contributed by atoms with Crippen molar-refractivity contribution in [1.82, 2.24) is 4.31 Å². The molecule has 1 aromatic carbocycles. The molecule has 0 N–H and O–H groups in total. The van der Waals surface area contributed by atoms with Gasteiger partial charge < -0.3 is 4.74 Å². The van der Waals surface area contributed by atoms with E-state index in [-0.39, 0.29) is 17.0 Å². The molecule has 0 aliphatic heterocycles. The molecule has 5 nitrogen and oxygen atoms in total. The van der Waals surface area contributed by atoms with Crippen LogP contribution >= 0.6 is 0 Å². The Balaban J connectivity index is 2.46. The van der Waals surface area contributed by atoms with Crippen LogP contribution in [0.5, 0.6) is 0 Å². The van der Waals surface area contributed by atoms with E-state index in [1.54, 1.807) is 6.92 Å². The monoisotopic (exact) mass is 315 g/mol. The fraction of sp³-hybridized carbons (Fsp3) is 0.500. The molecular weight excluding hydrogens is 297 g/mol. The number of benzene rings is 1. The molecule has 0 bridgehead atoms. The SMILES string of the molecule is CCN(CC1CC1)S(=O)(=O)c1cc(F)ccc1C(=O)OC. The third kappa shape index (κ3) is 3.41. The van der Waals surface area contributed by atoms with E-state index in [9.17, 15) is 17.6 Å². The van der Waals surface area contributed by atoms with Crippen LogP contribution < -0.4 is 0 Å². The van der Waals surface area contributed by atoms with E-state index >= 15 is 0 Å². The van der Waals surface area contributed by atoms with Crippen LogP contribution in [0.25, 0.3) is 0 Å². The van der Waals surface area contributed by atoms with Gasteiger partial charge in [0.05, 0.1) is 17.6 Å². The average molecular weight is 315 g/mol. The van der Waals surface area contributed by atoms with E-state index in [0.29, 0.717) is 12.5 Å². The number of sulfonamides is 1. The lowest BCUT2D eigenvalue weighted by Crippen LogP contribution is -2.34. The van der Waals surface area contributed by atoms with E-state index in [2.05, 4.69) is 4.74 Å². The second kappa shape index (κ2) is 6.11. The van der Waals surface area contributed by atoms with Crippen molar-refractivity contribution in [1.29, 1.82) is 0 Å². The lowest BCUT2D eigenvalue weighted by atomic mass is 10.2. The van der Waals surface area contributed by atoms with Crippen molar-refractivity contribution >= 4 is 16.0 Å². The molecule has 1 aliphatic carbocycles. The Kier molecular flexibility index (Phi) is 4.63. The van der Waals surface area contributed by atoms with Crippen molar-refractivity contribution in [3.05, 3.63) is 29.6 Å². The molecule has 1 fully saturated rings. The number of carbonyl (C=O) groups is 1. The molecule has 0 aromatic heterocycles. The summed E-state index contributed by atoms with van der Waals surface area (Å²) in [6.45, 7) is 2.39. The number of ether oxygens (including phenoxy) is 1. The predicted molar refractivity (Wildman–Crippen MR) is 74.9 cm³/mol. The summed E-state index contributed by atoms with van der Waals surface area (Å²) < 4.78 is 44.7. The molecule has 1 aliphatic rings. The van der Waals surface area contributed by atoms with Gasteiger partial charge in [-0.25, -0.2) is 17.6 Å².